The summed E-state index contributed by atoms with van der Waals surface area (Å²) in [7, 11) is 0. The van der Waals surface area contributed by atoms with Crippen molar-refractivity contribution in [3.8, 4) is 0 Å². The summed E-state index contributed by atoms with van der Waals surface area (Å²) in [4.78, 5) is 14.2. The van der Waals surface area contributed by atoms with E-state index in [0.717, 1.165) is 19.0 Å². The summed E-state index contributed by atoms with van der Waals surface area (Å²) in [5.41, 5.74) is 0.0201. The zero-order valence-corrected chi connectivity index (χ0v) is 12.6. The van der Waals surface area contributed by atoms with Crippen molar-refractivity contribution in [3.05, 3.63) is 0 Å². The number of hydrogen-bond donors (Lipinski definition) is 1. The van der Waals surface area contributed by atoms with E-state index in [0.29, 0.717) is 6.54 Å². The quantitative estimate of drug-likeness (QED) is 0.836. The van der Waals surface area contributed by atoms with Crippen molar-refractivity contribution >= 4 is 5.91 Å². The highest BCUT2D eigenvalue weighted by Gasteiger charge is 2.21. The average molecular weight is 254 g/mol. The van der Waals surface area contributed by atoms with Gasteiger partial charge in [0.2, 0.25) is 5.91 Å². The summed E-state index contributed by atoms with van der Waals surface area (Å²) in [5.74, 6) is 1.10. The third kappa shape index (κ3) is 5.85. The Bertz CT molecular complexity index is 258. The molecule has 106 valence electrons. The lowest BCUT2D eigenvalue weighted by Gasteiger charge is -2.25. The first kappa shape index (κ1) is 15.5. The highest BCUT2D eigenvalue weighted by atomic mass is 16.2. The molecule has 3 heteroatoms. The first-order valence-corrected chi connectivity index (χ1v) is 7.45. The number of carbonyl (C=O) groups excluding carboxylic acids is 1. The second-order valence-electron chi connectivity index (χ2n) is 6.57. The molecule has 0 bridgehead atoms. The van der Waals surface area contributed by atoms with Gasteiger partial charge in [-0.05, 0) is 46.0 Å². The zero-order valence-electron chi connectivity index (χ0n) is 12.6. The maximum atomic E-state index is 12.1. The van der Waals surface area contributed by atoms with E-state index >= 15 is 0 Å². The molecule has 1 saturated heterocycles. The van der Waals surface area contributed by atoms with Crippen LogP contribution in [0.15, 0.2) is 0 Å². The number of nitrogens with one attached hydrogen (secondary N) is 1. The zero-order chi connectivity index (χ0) is 13.6. The molecular weight excluding hydrogens is 224 g/mol. The third-order valence-electron chi connectivity index (χ3n) is 3.67. The van der Waals surface area contributed by atoms with Crippen LogP contribution in [0.3, 0.4) is 0 Å². The molecular formula is C15H30N2O. The SMILES string of the molecule is CCCC1CCCN(C(=O)CNC(C)(C)C)CC1. The van der Waals surface area contributed by atoms with E-state index in [-0.39, 0.29) is 11.4 Å². The largest absolute Gasteiger partial charge is 0.342 e. The van der Waals surface area contributed by atoms with Gasteiger partial charge in [-0.15, -0.1) is 0 Å². The Kier molecular flexibility index (Phi) is 6.13. The van der Waals surface area contributed by atoms with Crippen LogP contribution in [0.1, 0.15) is 59.8 Å². The minimum atomic E-state index is 0.0201. The van der Waals surface area contributed by atoms with Crippen LogP contribution >= 0.6 is 0 Å². The molecule has 1 N–H and O–H groups in total. The van der Waals surface area contributed by atoms with Gasteiger partial charge < -0.3 is 10.2 Å². The molecule has 0 aromatic heterocycles. The van der Waals surface area contributed by atoms with Crippen LogP contribution in [0.25, 0.3) is 0 Å². The predicted molar refractivity (Wildman–Crippen MR) is 76.6 cm³/mol. The molecule has 1 amide bonds. The van der Waals surface area contributed by atoms with Crippen LogP contribution in [-0.4, -0.2) is 36.0 Å². The summed E-state index contributed by atoms with van der Waals surface area (Å²) in [6.07, 6.45) is 6.25. The van der Waals surface area contributed by atoms with Gasteiger partial charge in [0.15, 0.2) is 0 Å². The molecule has 1 aliphatic rings. The molecule has 1 fully saturated rings. The van der Waals surface area contributed by atoms with E-state index in [1.165, 1.54) is 32.1 Å². The lowest BCUT2D eigenvalue weighted by atomic mass is 9.96. The summed E-state index contributed by atoms with van der Waals surface area (Å²) in [6, 6.07) is 0. The first-order valence-electron chi connectivity index (χ1n) is 7.45. The minimum absolute atomic E-state index is 0.0201. The lowest BCUT2D eigenvalue weighted by Crippen LogP contribution is -2.45. The molecule has 3 nitrogen and oxygen atoms in total. The van der Waals surface area contributed by atoms with Crippen LogP contribution in [0, 0.1) is 5.92 Å². The van der Waals surface area contributed by atoms with Gasteiger partial charge in [0.25, 0.3) is 0 Å². The number of amides is 1. The number of likely N-dealkylation sites (tertiary alicyclic amines) is 1. The van der Waals surface area contributed by atoms with Gasteiger partial charge in [0.1, 0.15) is 0 Å². The fourth-order valence-corrected chi connectivity index (χ4v) is 2.56. The molecule has 0 aromatic rings. The van der Waals surface area contributed by atoms with Crippen molar-refractivity contribution in [3.63, 3.8) is 0 Å². The van der Waals surface area contributed by atoms with Crippen molar-refractivity contribution in [2.75, 3.05) is 19.6 Å². The van der Waals surface area contributed by atoms with E-state index in [1.807, 2.05) is 0 Å². The standard InChI is InChI=1S/C15H30N2O/c1-5-7-13-8-6-10-17(11-9-13)14(18)12-16-15(2,3)4/h13,16H,5-12H2,1-4H3. The van der Waals surface area contributed by atoms with E-state index in [4.69, 9.17) is 0 Å². The van der Waals surface area contributed by atoms with Crippen molar-refractivity contribution in [1.82, 2.24) is 10.2 Å². The Labute approximate surface area is 112 Å². The highest BCUT2D eigenvalue weighted by molar-refractivity contribution is 5.78. The number of hydrogen-bond acceptors (Lipinski definition) is 2. The molecule has 0 radical (unpaired) electrons. The van der Waals surface area contributed by atoms with Crippen molar-refractivity contribution in [1.29, 1.82) is 0 Å². The van der Waals surface area contributed by atoms with E-state index < -0.39 is 0 Å². The van der Waals surface area contributed by atoms with Gasteiger partial charge >= 0.3 is 0 Å². The summed E-state index contributed by atoms with van der Waals surface area (Å²) in [6.45, 7) is 10.9. The average Bonchev–Trinajstić information content (AvgIpc) is 2.51. The van der Waals surface area contributed by atoms with Gasteiger partial charge in [-0.1, -0.05) is 19.8 Å². The molecule has 0 saturated carbocycles. The topological polar surface area (TPSA) is 32.3 Å². The summed E-state index contributed by atoms with van der Waals surface area (Å²) < 4.78 is 0. The Morgan fingerprint density at radius 3 is 2.61 bits per heavy atom. The smallest absolute Gasteiger partial charge is 0.236 e. The van der Waals surface area contributed by atoms with Crippen molar-refractivity contribution < 1.29 is 4.79 Å². The Morgan fingerprint density at radius 1 is 1.28 bits per heavy atom. The van der Waals surface area contributed by atoms with Crippen LogP contribution in [0.5, 0.6) is 0 Å². The monoisotopic (exact) mass is 254 g/mol. The van der Waals surface area contributed by atoms with Crippen LogP contribution < -0.4 is 5.32 Å². The fourth-order valence-electron chi connectivity index (χ4n) is 2.56. The lowest BCUT2D eigenvalue weighted by molar-refractivity contribution is -0.130. The molecule has 1 aliphatic heterocycles. The van der Waals surface area contributed by atoms with Gasteiger partial charge in [-0.2, -0.15) is 0 Å². The van der Waals surface area contributed by atoms with Gasteiger partial charge in [0, 0.05) is 18.6 Å². The minimum Gasteiger partial charge on any atom is -0.342 e. The predicted octanol–water partition coefficient (Wildman–Crippen LogP) is 2.80. The third-order valence-corrected chi connectivity index (χ3v) is 3.67. The van der Waals surface area contributed by atoms with Crippen LogP contribution in [0.2, 0.25) is 0 Å². The molecule has 0 aromatic carbocycles. The molecule has 1 atom stereocenters. The molecule has 0 spiro atoms. The normalized spacial score (nSPS) is 21.8. The van der Waals surface area contributed by atoms with Crippen LogP contribution in [0.4, 0.5) is 0 Å². The van der Waals surface area contributed by atoms with Crippen molar-refractivity contribution in [2.24, 2.45) is 5.92 Å². The van der Waals surface area contributed by atoms with E-state index in [9.17, 15) is 4.79 Å². The number of carbonyl (C=O) groups is 1. The second-order valence-corrected chi connectivity index (χ2v) is 6.57. The van der Waals surface area contributed by atoms with E-state index in [1.54, 1.807) is 0 Å². The summed E-state index contributed by atoms with van der Waals surface area (Å²) in [5, 5.41) is 3.28. The first-order chi connectivity index (χ1) is 8.42. The second kappa shape index (κ2) is 7.13. The Morgan fingerprint density at radius 2 is 2.00 bits per heavy atom. The van der Waals surface area contributed by atoms with Gasteiger partial charge in [0.05, 0.1) is 6.54 Å². The van der Waals surface area contributed by atoms with Gasteiger partial charge in [-0.3, -0.25) is 4.79 Å². The molecule has 1 rings (SSSR count). The number of rotatable bonds is 4. The Hall–Kier alpha value is -0.570. The number of nitrogens with zero attached hydrogens (tertiary/aromatic N) is 1. The molecule has 0 aliphatic carbocycles. The van der Waals surface area contributed by atoms with E-state index in [2.05, 4.69) is 37.9 Å². The Balaban J connectivity index is 2.35. The molecule has 1 heterocycles. The molecule has 18 heavy (non-hydrogen) atoms. The highest BCUT2D eigenvalue weighted by Crippen LogP contribution is 2.21. The summed E-state index contributed by atoms with van der Waals surface area (Å²) >= 11 is 0. The fraction of sp³-hybridized carbons (Fsp3) is 0.933. The van der Waals surface area contributed by atoms with Gasteiger partial charge in [-0.25, -0.2) is 0 Å². The molecule has 1 unspecified atom stereocenters. The van der Waals surface area contributed by atoms with Crippen LogP contribution in [-0.2, 0) is 4.79 Å². The maximum absolute atomic E-state index is 12.1. The van der Waals surface area contributed by atoms with Crippen molar-refractivity contribution in [2.45, 2.75) is 65.3 Å². The maximum Gasteiger partial charge on any atom is 0.236 e.